The molecule has 0 radical (unpaired) electrons. The summed E-state index contributed by atoms with van der Waals surface area (Å²) in [6.07, 6.45) is 5.78. The maximum absolute atomic E-state index is 13.8. The smallest absolute Gasteiger partial charge is 0.312 e. The minimum atomic E-state index is -1.00. The third kappa shape index (κ3) is 4.12. The minimum Gasteiger partial charge on any atom is -0.466 e. The number of likely N-dealkylation sites (tertiary alicyclic amines) is 1. The molecule has 8 heteroatoms. The maximum atomic E-state index is 13.8. The van der Waals surface area contributed by atoms with Crippen molar-refractivity contribution in [3.8, 4) is 0 Å². The van der Waals surface area contributed by atoms with Crippen LogP contribution in [0.4, 0.5) is 0 Å². The van der Waals surface area contributed by atoms with Crippen LogP contribution >= 0.6 is 0 Å². The predicted molar refractivity (Wildman–Crippen MR) is 114 cm³/mol. The van der Waals surface area contributed by atoms with E-state index < -0.39 is 35.6 Å². The van der Waals surface area contributed by atoms with Gasteiger partial charge in [-0.05, 0) is 32.6 Å². The van der Waals surface area contributed by atoms with Crippen molar-refractivity contribution in [1.29, 1.82) is 0 Å². The van der Waals surface area contributed by atoms with Crippen molar-refractivity contribution in [2.45, 2.75) is 70.1 Å². The van der Waals surface area contributed by atoms with Gasteiger partial charge in [0.05, 0.1) is 24.5 Å². The molecule has 174 valence electrons. The van der Waals surface area contributed by atoms with Crippen LogP contribution in [0, 0.1) is 11.8 Å². The van der Waals surface area contributed by atoms with E-state index in [2.05, 4.69) is 13.5 Å². The number of aliphatic hydroxyl groups is 1. The number of esters is 1. The highest BCUT2D eigenvalue weighted by Gasteiger charge is 2.74. The van der Waals surface area contributed by atoms with Gasteiger partial charge in [0.1, 0.15) is 11.6 Å². The molecule has 0 saturated carbocycles. The Morgan fingerprint density at radius 3 is 2.77 bits per heavy atom. The molecule has 3 fully saturated rings. The van der Waals surface area contributed by atoms with Crippen LogP contribution in [0.3, 0.4) is 0 Å². The van der Waals surface area contributed by atoms with E-state index in [-0.39, 0.29) is 31.6 Å². The molecule has 0 unspecified atom stereocenters. The Labute approximate surface area is 184 Å². The molecule has 2 amide bonds. The van der Waals surface area contributed by atoms with E-state index in [1.807, 2.05) is 0 Å². The quantitative estimate of drug-likeness (QED) is 0.283. The van der Waals surface area contributed by atoms with Crippen LogP contribution < -0.4 is 0 Å². The Morgan fingerprint density at radius 2 is 2.13 bits per heavy atom. The standard InChI is InChI=1S/C23H36N2O6/c1-4-7-8-13-24(12-5-2)21(28)19-23-11-10-16(31-23)17(22(29)30-6-3)18(23)20(27)25(19)14-9-15-26/h5,16-19,26H,2,4,6-15H2,1,3H3/t16-,17+,18+,19-,23+/m1/s1. The summed E-state index contributed by atoms with van der Waals surface area (Å²) in [5, 5.41) is 9.37. The summed E-state index contributed by atoms with van der Waals surface area (Å²) >= 11 is 0. The first kappa shape index (κ1) is 23.7. The molecule has 3 rings (SSSR count). The lowest BCUT2D eigenvalue weighted by Gasteiger charge is -2.36. The van der Waals surface area contributed by atoms with E-state index in [0.717, 1.165) is 19.3 Å². The van der Waals surface area contributed by atoms with Gasteiger partial charge < -0.3 is 24.4 Å². The van der Waals surface area contributed by atoms with Crippen LogP contribution in [0.2, 0.25) is 0 Å². The first-order valence-electron chi connectivity index (χ1n) is 11.6. The summed E-state index contributed by atoms with van der Waals surface area (Å²) in [6.45, 7) is 9.02. The minimum absolute atomic E-state index is 0.0833. The average Bonchev–Trinajstić information content (AvgIpc) is 3.39. The van der Waals surface area contributed by atoms with Crippen molar-refractivity contribution in [2.24, 2.45) is 11.8 Å². The van der Waals surface area contributed by atoms with E-state index in [1.54, 1.807) is 22.8 Å². The van der Waals surface area contributed by atoms with Crippen LogP contribution in [-0.2, 0) is 23.9 Å². The zero-order valence-corrected chi connectivity index (χ0v) is 18.8. The molecule has 3 saturated heterocycles. The van der Waals surface area contributed by atoms with Crippen LogP contribution in [-0.4, -0.2) is 83.3 Å². The third-order valence-electron chi connectivity index (χ3n) is 6.84. The molecule has 0 aliphatic carbocycles. The van der Waals surface area contributed by atoms with Crippen LogP contribution in [0.5, 0.6) is 0 Å². The van der Waals surface area contributed by atoms with Gasteiger partial charge in [-0.3, -0.25) is 14.4 Å². The van der Waals surface area contributed by atoms with Crippen LogP contribution in [0.15, 0.2) is 12.7 Å². The Morgan fingerprint density at radius 1 is 1.35 bits per heavy atom. The van der Waals surface area contributed by atoms with Gasteiger partial charge in [0.2, 0.25) is 11.8 Å². The van der Waals surface area contributed by atoms with Gasteiger partial charge >= 0.3 is 5.97 Å². The third-order valence-corrected chi connectivity index (χ3v) is 6.84. The number of ether oxygens (including phenoxy) is 2. The van der Waals surface area contributed by atoms with Crippen LogP contribution in [0.25, 0.3) is 0 Å². The first-order valence-corrected chi connectivity index (χ1v) is 11.6. The Kier molecular flexibility index (Phi) is 7.75. The lowest BCUT2D eigenvalue weighted by atomic mass is 9.70. The average molecular weight is 437 g/mol. The van der Waals surface area contributed by atoms with Crippen molar-refractivity contribution >= 4 is 17.8 Å². The molecule has 2 bridgehead atoms. The molecular formula is C23H36N2O6. The highest BCUT2D eigenvalue weighted by Crippen LogP contribution is 2.58. The topological polar surface area (TPSA) is 96.4 Å². The van der Waals surface area contributed by atoms with E-state index >= 15 is 0 Å². The number of carbonyl (C=O) groups is 3. The zero-order chi connectivity index (χ0) is 22.6. The molecule has 3 aliphatic heterocycles. The number of carbonyl (C=O) groups excluding carboxylic acids is 3. The number of hydrogen-bond acceptors (Lipinski definition) is 6. The largest absolute Gasteiger partial charge is 0.466 e. The first-order chi connectivity index (χ1) is 15.0. The Balaban J connectivity index is 1.94. The predicted octanol–water partition coefficient (Wildman–Crippen LogP) is 1.51. The van der Waals surface area contributed by atoms with Crippen molar-refractivity contribution in [2.75, 3.05) is 32.8 Å². The SMILES string of the molecule is C=CCN(CCCCC)C(=O)[C@H]1N(CCCO)C(=O)[C@@H]2[C@@H](C(=O)OCC)[C@H]3CC[C@]21O3. The fraction of sp³-hybridized carbons (Fsp3) is 0.783. The van der Waals surface area contributed by atoms with E-state index in [0.29, 0.717) is 32.4 Å². The molecule has 5 atom stereocenters. The van der Waals surface area contributed by atoms with Crippen molar-refractivity contribution in [1.82, 2.24) is 9.80 Å². The molecule has 1 spiro atoms. The number of nitrogens with zero attached hydrogens (tertiary/aromatic N) is 2. The number of unbranched alkanes of at least 4 members (excludes halogenated alkanes) is 2. The monoisotopic (exact) mass is 436 g/mol. The highest BCUT2D eigenvalue weighted by atomic mass is 16.6. The second kappa shape index (κ2) is 10.1. The normalized spacial score (nSPS) is 31.1. The molecule has 1 N–H and O–H groups in total. The second-order valence-corrected chi connectivity index (χ2v) is 8.70. The summed E-state index contributed by atoms with van der Waals surface area (Å²) in [6, 6.07) is -0.789. The molecular weight excluding hydrogens is 400 g/mol. The fourth-order valence-corrected chi connectivity index (χ4v) is 5.59. The highest BCUT2D eigenvalue weighted by molar-refractivity contribution is 5.98. The Hall–Kier alpha value is -1.93. The molecule has 3 heterocycles. The second-order valence-electron chi connectivity index (χ2n) is 8.70. The summed E-state index contributed by atoms with van der Waals surface area (Å²) in [5.41, 5.74) is -1.00. The lowest BCUT2D eigenvalue weighted by molar-refractivity contribution is -0.155. The van der Waals surface area contributed by atoms with Gasteiger partial charge in [-0.15, -0.1) is 6.58 Å². The summed E-state index contributed by atoms with van der Waals surface area (Å²) in [4.78, 5) is 43.3. The molecule has 0 aromatic rings. The van der Waals surface area contributed by atoms with Gasteiger partial charge in [-0.25, -0.2) is 0 Å². The number of hydrogen-bond donors (Lipinski definition) is 1. The zero-order valence-electron chi connectivity index (χ0n) is 18.8. The molecule has 0 aromatic heterocycles. The lowest BCUT2D eigenvalue weighted by Crippen LogP contribution is -2.56. The number of rotatable bonds is 12. The van der Waals surface area contributed by atoms with E-state index in [4.69, 9.17) is 9.47 Å². The fourth-order valence-electron chi connectivity index (χ4n) is 5.59. The van der Waals surface area contributed by atoms with Crippen molar-refractivity contribution in [3.05, 3.63) is 12.7 Å². The summed E-state index contributed by atoms with van der Waals surface area (Å²) in [7, 11) is 0. The summed E-state index contributed by atoms with van der Waals surface area (Å²) < 4.78 is 11.6. The Bertz CT molecular complexity index is 698. The number of amides is 2. The van der Waals surface area contributed by atoms with Crippen molar-refractivity contribution in [3.63, 3.8) is 0 Å². The molecule has 0 aromatic carbocycles. The summed E-state index contributed by atoms with van der Waals surface area (Å²) in [5.74, 6) is -2.20. The van der Waals surface area contributed by atoms with Gasteiger partial charge in [-0.2, -0.15) is 0 Å². The van der Waals surface area contributed by atoms with Gasteiger partial charge in [0, 0.05) is 26.2 Å². The van der Waals surface area contributed by atoms with Crippen LogP contribution in [0.1, 0.15) is 52.4 Å². The number of aliphatic hydroxyl groups excluding tert-OH is 1. The van der Waals surface area contributed by atoms with Gasteiger partial charge in [-0.1, -0.05) is 25.8 Å². The number of fused-ring (bicyclic) bond motifs is 1. The maximum Gasteiger partial charge on any atom is 0.312 e. The molecule has 8 nitrogen and oxygen atoms in total. The van der Waals surface area contributed by atoms with Gasteiger partial charge in [0.15, 0.2) is 0 Å². The van der Waals surface area contributed by atoms with Crippen molar-refractivity contribution < 1.29 is 29.0 Å². The van der Waals surface area contributed by atoms with Gasteiger partial charge in [0.25, 0.3) is 0 Å². The van der Waals surface area contributed by atoms with E-state index in [1.165, 1.54) is 0 Å². The van der Waals surface area contributed by atoms with E-state index in [9.17, 15) is 19.5 Å². The molecule has 3 aliphatic rings. The molecule has 31 heavy (non-hydrogen) atoms.